The standard InChI is InChI=1S/C40H34/c1-27-19-28(2)22-35(21-27)31-11-9-13-33(25-31)37-15-5-7-17-39(37)40-18-8-6-16-38(40)34-14-10-12-32(26-34)36-23-29(3)20-30(4)24-36/h5-26H,1-4H3. The van der Waals surface area contributed by atoms with Crippen LogP contribution in [0.15, 0.2) is 133 Å². The highest BCUT2D eigenvalue weighted by molar-refractivity contribution is 5.93. The second-order valence-electron chi connectivity index (χ2n) is 11.0. The summed E-state index contributed by atoms with van der Waals surface area (Å²) >= 11 is 0. The first-order valence-corrected chi connectivity index (χ1v) is 14.0. The third-order valence-electron chi connectivity index (χ3n) is 7.60. The lowest BCUT2D eigenvalue weighted by Gasteiger charge is -2.16. The first kappa shape index (κ1) is 25.6. The normalized spacial score (nSPS) is 11.0. The molecule has 0 heterocycles. The highest BCUT2D eigenvalue weighted by Crippen LogP contribution is 2.40. The van der Waals surface area contributed by atoms with Crippen LogP contribution in [0, 0.1) is 27.7 Å². The van der Waals surface area contributed by atoms with E-state index in [2.05, 4.69) is 161 Å². The lowest BCUT2D eigenvalue weighted by atomic mass is 9.88. The molecule has 0 radical (unpaired) electrons. The van der Waals surface area contributed by atoms with Gasteiger partial charge in [0, 0.05) is 0 Å². The van der Waals surface area contributed by atoms with Crippen molar-refractivity contribution in [2.24, 2.45) is 0 Å². The van der Waals surface area contributed by atoms with Crippen LogP contribution in [0.5, 0.6) is 0 Å². The predicted octanol–water partition coefficient (Wildman–Crippen LogP) is 11.3. The molecule has 0 saturated heterocycles. The summed E-state index contributed by atoms with van der Waals surface area (Å²) in [6.45, 7) is 8.67. The maximum Gasteiger partial charge on any atom is -0.00992 e. The zero-order chi connectivity index (χ0) is 27.6. The Kier molecular flexibility index (Phi) is 6.93. The highest BCUT2D eigenvalue weighted by atomic mass is 14.2. The van der Waals surface area contributed by atoms with Gasteiger partial charge in [0.15, 0.2) is 0 Å². The van der Waals surface area contributed by atoms with E-state index in [1.165, 1.54) is 77.9 Å². The molecule has 0 unspecified atom stereocenters. The van der Waals surface area contributed by atoms with E-state index in [0.717, 1.165) is 0 Å². The van der Waals surface area contributed by atoms with Gasteiger partial charge in [-0.25, -0.2) is 0 Å². The molecular formula is C40H34. The minimum absolute atomic E-state index is 1.23. The van der Waals surface area contributed by atoms with Crippen LogP contribution in [0.2, 0.25) is 0 Å². The third kappa shape index (κ3) is 5.26. The van der Waals surface area contributed by atoms with Gasteiger partial charge >= 0.3 is 0 Å². The van der Waals surface area contributed by atoms with Gasteiger partial charge in [-0.1, -0.05) is 144 Å². The maximum absolute atomic E-state index is 2.33. The SMILES string of the molecule is Cc1cc(C)cc(-c2cccc(-c3ccccc3-c3ccccc3-c3cccc(-c4cc(C)cc(C)c4)c3)c2)c1. The van der Waals surface area contributed by atoms with Crippen molar-refractivity contribution in [2.45, 2.75) is 27.7 Å². The van der Waals surface area contributed by atoms with Gasteiger partial charge in [-0.3, -0.25) is 0 Å². The second-order valence-corrected chi connectivity index (χ2v) is 11.0. The van der Waals surface area contributed by atoms with E-state index in [9.17, 15) is 0 Å². The van der Waals surface area contributed by atoms with E-state index in [1.54, 1.807) is 0 Å². The van der Waals surface area contributed by atoms with Gasteiger partial charge in [-0.15, -0.1) is 0 Å². The highest BCUT2D eigenvalue weighted by Gasteiger charge is 2.14. The summed E-state index contributed by atoms with van der Waals surface area (Å²) in [6.07, 6.45) is 0. The van der Waals surface area contributed by atoms with Crippen LogP contribution in [0.4, 0.5) is 0 Å². The molecule has 0 atom stereocenters. The Labute approximate surface area is 238 Å². The smallest absolute Gasteiger partial charge is 0.00992 e. The fourth-order valence-electron chi connectivity index (χ4n) is 5.95. The zero-order valence-electron chi connectivity index (χ0n) is 23.7. The van der Waals surface area contributed by atoms with Crippen molar-refractivity contribution in [3.63, 3.8) is 0 Å². The van der Waals surface area contributed by atoms with Gasteiger partial charge in [-0.2, -0.15) is 0 Å². The molecule has 6 rings (SSSR count). The van der Waals surface area contributed by atoms with Gasteiger partial charge < -0.3 is 0 Å². The first-order valence-electron chi connectivity index (χ1n) is 14.0. The molecule has 0 spiro atoms. The van der Waals surface area contributed by atoms with Crippen LogP contribution in [0.3, 0.4) is 0 Å². The van der Waals surface area contributed by atoms with Crippen molar-refractivity contribution < 1.29 is 0 Å². The summed E-state index contributed by atoms with van der Waals surface area (Å²) in [5, 5.41) is 0. The fourth-order valence-corrected chi connectivity index (χ4v) is 5.95. The van der Waals surface area contributed by atoms with Crippen molar-refractivity contribution in [3.05, 3.63) is 156 Å². The maximum atomic E-state index is 2.33. The molecule has 0 bridgehead atoms. The van der Waals surface area contributed by atoms with Crippen LogP contribution in [-0.2, 0) is 0 Å². The van der Waals surface area contributed by atoms with Crippen LogP contribution in [0.25, 0.3) is 55.6 Å². The number of rotatable bonds is 5. The van der Waals surface area contributed by atoms with E-state index in [4.69, 9.17) is 0 Å². The van der Waals surface area contributed by atoms with Crippen LogP contribution in [-0.4, -0.2) is 0 Å². The summed E-state index contributed by atoms with van der Waals surface area (Å²) in [7, 11) is 0. The minimum Gasteiger partial charge on any atom is -0.0616 e. The van der Waals surface area contributed by atoms with Gasteiger partial charge in [0.05, 0.1) is 0 Å². The number of hydrogen-bond donors (Lipinski definition) is 0. The molecule has 6 aromatic rings. The Morgan fingerprint density at radius 1 is 0.250 bits per heavy atom. The van der Waals surface area contributed by atoms with Gasteiger partial charge in [0.2, 0.25) is 0 Å². The van der Waals surface area contributed by atoms with Crippen LogP contribution < -0.4 is 0 Å². The van der Waals surface area contributed by atoms with E-state index in [0.29, 0.717) is 0 Å². The van der Waals surface area contributed by atoms with E-state index < -0.39 is 0 Å². The number of hydrogen-bond acceptors (Lipinski definition) is 0. The average Bonchev–Trinajstić information content (AvgIpc) is 2.96. The van der Waals surface area contributed by atoms with E-state index in [1.807, 2.05) is 0 Å². The molecule has 0 nitrogen and oxygen atoms in total. The van der Waals surface area contributed by atoms with E-state index in [-0.39, 0.29) is 0 Å². The molecule has 0 aliphatic heterocycles. The number of aryl methyl sites for hydroxylation is 4. The molecule has 6 aromatic carbocycles. The minimum atomic E-state index is 1.23. The fraction of sp³-hybridized carbons (Fsp3) is 0.100. The van der Waals surface area contributed by atoms with E-state index >= 15 is 0 Å². The van der Waals surface area contributed by atoms with Crippen LogP contribution in [0.1, 0.15) is 22.3 Å². The van der Waals surface area contributed by atoms with Crippen molar-refractivity contribution >= 4 is 0 Å². The number of benzene rings is 6. The molecule has 0 saturated carbocycles. The Hall–Kier alpha value is -4.68. The summed E-state index contributed by atoms with van der Waals surface area (Å²) < 4.78 is 0. The first-order chi connectivity index (χ1) is 19.4. The molecule has 0 N–H and O–H groups in total. The molecular weight excluding hydrogens is 480 g/mol. The predicted molar refractivity (Wildman–Crippen MR) is 173 cm³/mol. The Balaban J connectivity index is 1.46. The van der Waals surface area contributed by atoms with Gasteiger partial charge in [0.25, 0.3) is 0 Å². The lowest BCUT2D eigenvalue weighted by molar-refractivity contribution is 1.38. The van der Waals surface area contributed by atoms with Crippen molar-refractivity contribution in [3.8, 4) is 55.6 Å². The molecule has 0 aliphatic rings. The summed E-state index contributed by atoms with van der Waals surface area (Å²) in [5.74, 6) is 0. The van der Waals surface area contributed by atoms with Crippen molar-refractivity contribution in [2.75, 3.05) is 0 Å². The molecule has 0 aromatic heterocycles. The van der Waals surface area contributed by atoms with Crippen molar-refractivity contribution in [1.82, 2.24) is 0 Å². The zero-order valence-corrected chi connectivity index (χ0v) is 23.7. The largest absolute Gasteiger partial charge is 0.0616 e. The summed E-state index contributed by atoms with van der Waals surface area (Å²) in [5.41, 5.74) is 17.6. The Bertz CT molecular complexity index is 1660. The Morgan fingerprint density at radius 2 is 0.575 bits per heavy atom. The Morgan fingerprint density at radius 3 is 0.950 bits per heavy atom. The molecule has 0 amide bonds. The molecule has 0 aliphatic carbocycles. The van der Waals surface area contributed by atoms with Crippen LogP contribution >= 0.6 is 0 Å². The summed E-state index contributed by atoms with van der Waals surface area (Å²) in [4.78, 5) is 0. The monoisotopic (exact) mass is 514 g/mol. The topological polar surface area (TPSA) is 0 Å². The molecule has 40 heavy (non-hydrogen) atoms. The van der Waals surface area contributed by atoms with Crippen molar-refractivity contribution in [1.29, 1.82) is 0 Å². The average molecular weight is 515 g/mol. The third-order valence-corrected chi connectivity index (χ3v) is 7.60. The molecule has 0 heteroatoms. The second kappa shape index (κ2) is 10.8. The molecule has 0 fully saturated rings. The lowest BCUT2D eigenvalue weighted by Crippen LogP contribution is -1.90. The quantitative estimate of drug-likeness (QED) is 0.215. The van der Waals surface area contributed by atoms with Gasteiger partial charge in [0.1, 0.15) is 0 Å². The molecule has 194 valence electrons. The van der Waals surface area contributed by atoms with Gasteiger partial charge in [-0.05, 0) is 95.5 Å². The summed E-state index contributed by atoms with van der Waals surface area (Å²) in [6, 6.07) is 49.1.